The van der Waals surface area contributed by atoms with E-state index in [1.807, 2.05) is 23.1 Å². The first-order chi connectivity index (χ1) is 12.2. The zero-order valence-electron chi connectivity index (χ0n) is 15.0. The summed E-state index contributed by atoms with van der Waals surface area (Å²) in [6, 6.07) is 16.5. The summed E-state index contributed by atoms with van der Waals surface area (Å²) in [5.41, 5.74) is 2.35. The van der Waals surface area contributed by atoms with Crippen molar-refractivity contribution >= 4 is 5.91 Å². The first-order valence-corrected chi connectivity index (χ1v) is 9.17. The van der Waals surface area contributed by atoms with Gasteiger partial charge in [-0.25, -0.2) is 0 Å². The van der Waals surface area contributed by atoms with Gasteiger partial charge in [-0.15, -0.1) is 0 Å². The highest BCUT2D eigenvalue weighted by Gasteiger charge is 2.21. The van der Waals surface area contributed by atoms with Crippen LogP contribution in [0.4, 0.5) is 0 Å². The number of amides is 1. The van der Waals surface area contributed by atoms with Gasteiger partial charge in [0.25, 0.3) is 0 Å². The summed E-state index contributed by atoms with van der Waals surface area (Å²) >= 11 is 0. The van der Waals surface area contributed by atoms with E-state index in [-0.39, 0.29) is 5.91 Å². The fourth-order valence-corrected chi connectivity index (χ4v) is 3.31. The number of benzene rings is 1. The van der Waals surface area contributed by atoms with Crippen molar-refractivity contribution in [1.82, 2.24) is 14.8 Å². The lowest BCUT2D eigenvalue weighted by Gasteiger charge is -2.23. The van der Waals surface area contributed by atoms with Crippen LogP contribution in [0.3, 0.4) is 0 Å². The van der Waals surface area contributed by atoms with Gasteiger partial charge >= 0.3 is 0 Å². The molecule has 25 heavy (non-hydrogen) atoms. The third-order valence-electron chi connectivity index (χ3n) is 5.01. The van der Waals surface area contributed by atoms with E-state index < -0.39 is 0 Å². The SMILES string of the molecule is C[C@@H](CCN1CCC(=O)N(Cc2ccccn2)CC1)c1ccccc1. The molecule has 0 unspecified atom stereocenters. The number of rotatable bonds is 6. The maximum absolute atomic E-state index is 12.4. The van der Waals surface area contributed by atoms with Gasteiger partial charge in [-0.3, -0.25) is 9.78 Å². The van der Waals surface area contributed by atoms with E-state index >= 15 is 0 Å². The molecular formula is C21H27N3O. The van der Waals surface area contributed by atoms with Crippen LogP contribution in [0.15, 0.2) is 54.7 Å². The third kappa shape index (κ3) is 5.13. The van der Waals surface area contributed by atoms with Crippen LogP contribution >= 0.6 is 0 Å². The van der Waals surface area contributed by atoms with Crippen LogP contribution in [0, 0.1) is 0 Å². The van der Waals surface area contributed by atoms with Crippen LogP contribution in [-0.4, -0.2) is 46.9 Å². The van der Waals surface area contributed by atoms with Gasteiger partial charge in [-0.1, -0.05) is 43.3 Å². The molecule has 1 aliphatic rings. The average Bonchev–Trinajstić information content (AvgIpc) is 2.83. The van der Waals surface area contributed by atoms with Crippen molar-refractivity contribution in [2.75, 3.05) is 26.2 Å². The van der Waals surface area contributed by atoms with Crippen molar-refractivity contribution in [2.45, 2.75) is 32.2 Å². The summed E-state index contributed by atoms with van der Waals surface area (Å²) in [7, 11) is 0. The molecule has 2 heterocycles. The largest absolute Gasteiger partial charge is 0.335 e. The predicted molar refractivity (Wildman–Crippen MR) is 100 cm³/mol. The standard InChI is InChI=1S/C21H27N3O/c1-18(19-7-3-2-4-8-19)10-13-23-14-11-21(25)24(16-15-23)17-20-9-5-6-12-22-20/h2-9,12,18H,10-11,13-17H2,1H3/t18-/m0/s1. The molecule has 1 saturated heterocycles. The van der Waals surface area contributed by atoms with Gasteiger partial charge in [-0.05, 0) is 36.6 Å². The molecular weight excluding hydrogens is 310 g/mol. The Hall–Kier alpha value is -2.20. The van der Waals surface area contributed by atoms with Crippen molar-refractivity contribution in [2.24, 2.45) is 0 Å². The van der Waals surface area contributed by atoms with E-state index in [4.69, 9.17) is 0 Å². The highest BCUT2D eigenvalue weighted by molar-refractivity contribution is 5.76. The lowest BCUT2D eigenvalue weighted by Crippen LogP contribution is -2.33. The monoisotopic (exact) mass is 337 g/mol. The van der Waals surface area contributed by atoms with Gasteiger partial charge in [0.2, 0.25) is 5.91 Å². The minimum atomic E-state index is 0.240. The van der Waals surface area contributed by atoms with Gasteiger partial charge < -0.3 is 9.80 Å². The van der Waals surface area contributed by atoms with E-state index in [1.165, 1.54) is 5.56 Å². The molecule has 0 aliphatic carbocycles. The third-order valence-corrected chi connectivity index (χ3v) is 5.01. The molecule has 1 aromatic carbocycles. The van der Waals surface area contributed by atoms with Crippen molar-refractivity contribution < 1.29 is 4.79 Å². The highest BCUT2D eigenvalue weighted by atomic mass is 16.2. The fourth-order valence-electron chi connectivity index (χ4n) is 3.31. The molecule has 132 valence electrons. The molecule has 1 aliphatic heterocycles. The Kier molecular flexibility index (Phi) is 6.18. The Morgan fingerprint density at radius 1 is 1.04 bits per heavy atom. The quantitative estimate of drug-likeness (QED) is 0.811. The van der Waals surface area contributed by atoms with E-state index in [0.29, 0.717) is 18.9 Å². The van der Waals surface area contributed by atoms with E-state index in [9.17, 15) is 4.79 Å². The Morgan fingerprint density at radius 2 is 1.84 bits per heavy atom. The molecule has 0 spiro atoms. The summed E-state index contributed by atoms with van der Waals surface area (Å²) < 4.78 is 0. The van der Waals surface area contributed by atoms with Crippen molar-refractivity contribution in [3.05, 3.63) is 66.0 Å². The topological polar surface area (TPSA) is 36.4 Å². The molecule has 0 bridgehead atoms. The Balaban J connectivity index is 1.50. The summed E-state index contributed by atoms with van der Waals surface area (Å²) in [6.07, 6.45) is 3.51. The van der Waals surface area contributed by atoms with Crippen LogP contribution in [0.1, 0.15) is 36.9 Å². The molecule has 3 rings (SSSR count). The number of hydrogen-bond donors (Lipinski definition) is 0. The molecule has 1 aromatic heterocycles. The van der Waals surface area contributed by atoms with Crippen molar-refractivity contribution in [1.29, 1.82) is 0 Å². The average molecular weight is 337 g/mol. The van der Waals surface area contributed by atoms with E-state index in [0.717, 1.165) is 38.3 Å². The van der Waals surface area contributed by atoms with Gasteiger partial charge in [0.1, 0.15) is 0 Å². The Bertz CT molecular complexity index is 659. The minimum Gasteiger partial charge on any atom is -0.335 e. The number of hydrogen-bond acceptors (Lipinski definition) is 3. The van der Waals surface area contributed by atoms with Crippen molar-refractivity contribution in [3.8, 4) is 0 Å². The summed E-state index contributed by atoms with van der Waals surface area (Å²) in [4.78, 5) is 21.1. The minimum absolute atomic E-state index is 0.240. The molecule has 2 aromatic rings. The maximum atomic E-state index is 12.4. The van der Waals surface area contributed by atoms with Gasteiger partial charge in [0.05, 0.1) is 12.2 Å². The molecule has 1 amide bonds. The highest BCUT2D eigenvalue weighted by Crippen LogP contribution is 2.19. The van der Waals surface area contributed by atoms with E-state index in [2.05, 4.69) is 47.1 Å². The van der Waals surface area contributed by atoms with Crippen LogP contribution < -0.4 is 0 Å². The Labute approximate surface area is 150 Å². The van der Waals surface area contributed by atoms with Crippen LogP contribution in [0.2, 0.25) is 0 Å². The summed E-state index contributed by atoms with van der Waals surface area (Å²) in [5, 5.41) is 0. The second kappa shape index (κ2) is 8.77. The first-order valence-electron chi connectivity index (χ1n) is 9.17. The maximum Gasteiger partial charge on any atom is 0.224 e. The number of carbonyl (C=O) groups excluding carboxylic acids is 1. The lowest BCUT2D eigenvalue weighted by atomic mass is 9.98. The Morgan fingerprint density at radius 3 is 2.60 bits per heavy atom. The smallest absolute Gasteiger partial charge is 0.224 e. The molecule has 0 N–H and O–H groups in total. The van der Waals surface area contributed by atoms with Crippen LogP contribution in [-0.2, 0) is 11.3 Å². The number of aromatic nitrogens is 1. The molecule has 1 atom stereocenters. The van der Waals surface area contributed by atoms with Gasteiger partial charge in [0.15, 0.2) is 0 Å². The normalized spacial score (nSPS) is 17.3. The zero-order valence-corrected chi connectivity index (χ0v) is 15.0. The second-order valence-corrected chi connectivity index (χ2v) is 6.83. The second-order valence-electron chi connectivity index (χ2n) is 6.83. The summed E-state index contributed by atoms with van der Waals surface area (Å²) in [6.45, 7) is 6.54. The predicted octanol–water partition coefficient (Wildman–Crippen LogP) is 3.31. The lowest BCUT2D eigenvalue weighted by molar-refractivity contribution is -0.131. The number of nitrogens with zero attached hydrogens (tertiary/aromatic N) is 3. The van der Waals surface area contributed by atoms with Crippen molar-refractivity contribution in [3.63, 3.8) is 0 Å². The molecule has 1 fully saturated rings. The number of pyridine rings is 1. The van der Waals surface area contributed by atoms with Crippen LogP contribution in [0.5, 0.6) is 0 Å². The molecule has 0 radical (unpaired) electrons. The van der Waals surface area contributed by atoms with Gasteiger partial charge in [-0.2, -0.15) is 0 Å². The van der Waals surface area contributed by atoms with E-state index in [1.54, 1.807) is 6.20 Å². The fraction of sp³-hybridized carbons (Fsp3) is 0.429. The zero-order chi connectivity index (χ0) is 17.5. The molecule has 4 heteroatoms. The molecule has 4 nitrogen and oxygen atoms in total. The summed E-state index contributed by atoms with van der Waals surface area (Å²) in [5.74, 6) is 0.786. The number of carbonyl (C=O) groups is 1. The van der Waals surface area contributed by atoms with Crippen LogP contribution in [0.25, 0.3) is 0 Å². The first kappa shape index (κ1) is 17.6. The molecule has 0 saturated carbocycles. The van der Waals surface area contributed by atoms with Gasteiger partial charge in [0, 0.05) is 32.3 Å².